The van der Waals surface area contributed by atoms with Gasteiger partial charge in [-0.1, -0.05) is 158 Å². The fourth-order valence-electron chi connectivity index (χ4n) is 9.92. The van der Waals surface area contributed by atoms with Crippen molar-refractivity contribution in [3.8, 4) is 33.6 Å². The number of para-hydroxylation sites is 2. The Labute approximate surface area is 368 Å². The number of hydrogen-bond acceptors (Lipinski definition) is 0. The molecular formula is C60H42N2S. The predicted octanol–water partition coefficient (Wildman–Crippen LogP) is 16.6. The molecular weight excluding hydrogens is 781 g/mol. The fourth-order valence-corrected chi connectivity index (χ4v) is 13.8. The lowest BCUT2D eigenvalue weighted by Gasteiger charge is -2.42. The monoisotopic (exact) mass is 822 g/mol. The number of hydrogen-bond donors (Lipinski definition) is 0. The highest BCUT2D eigenvalue weighted by molar-refractivity contribution is 8.34. The summed E-state index contributed by atoms with van der Waals surface area (Å²) in [5.74, 6) is 0. The van der Waals surface area contributed by atoms with E-state index in [0.29, 0.717) is 0 Å². The molecule has 3 heteroatoms. The summed E-state index contributed by atoms with van der Waals surface area (Å²) >= 11 is 0. The number of rotatable bonds is 8. The van der Waals surface area contributed by atoms with Gasteiger partial charge >= 0.3 is 0 Å². The van der Waals surface area contributed by atoms with Crippen LogP contribution in [0.2, 0.25) is 0 Å². The number of fused-ring (bicyclic) bond motifs is 6. The molecule has 12 rings (SSSR count). The molecule has 2 nitrogen and oxygen atoms in total. The lowest BCUT2D eigenvalue weighted by Crippen LogP contribution is -2.06. The van der Waals surface area contributed by atoms with Gasteiger partial charge in [0.1, 0.15) is 0 Å². The Morgan fingerprint density at radius 1 is 0.254 bits per heavy atom. The van der Waals surface area contributed by atoms with Crippen LogP contribution in [0, 0.1) is 0 Å². The fraction of sp³-hybridized carbons (Fsp3) is 0. The number of nitrogens with zero attached hydrogens (tertiary/aromatic N) is 2. The second-order valence-electron chi connectivity index (χ2n) is 16.1. The zero-order chi connectivity index (χ0) is 41.7. The van der Waals surface area contributed by atoms with Crippen LogP contribution in [0.1, 0.15) is 0 Å². The van der Waals surface area contributed by atoms with Crippen molar-refractivity contribution in [3.63, 3.8) is 0 Å². The Kier molecular flexibility index (Phi) is 8.95. The summed E-state index contributed by atoms with van der Waals surface area (Å²) in [6.45, 7) is 0. The minimum Gasteiger partial charge on any atom is -0.309 e. The van der Waals surface area contributed by atoms with E-state index < -0.39 is 10.0 Å². The van der Waals surface area contributed by atoms with Gasteiger partial charge in [-0.05, 0) is 119 Å². The second kappa shape index (κ2) is 15.3. The van der Waals surface area contributed by atoms with Crippen LogP contribution in [0.25, 0.3) is 77.2 Å². The highest BCUT2D eigenvalue weighted by atomic mass is 32.3. The van der Waals surface area contributed by atoms with E-state index in [1.165, 1.54) is 85.4 Å². The third kappa shape index (κ3) is 5.96. The molecule has 0 atom stereocenters. The van der Waals surface area contributed by atoms with E-state index in [-0.39, 0.29) is 0 Å². The molecule has 0 radical (unpaired) electrons. The number of aromatic nitrogens is 2. The van der Waals surface area contributed by atoms with Crippen LogP contribution in [0.5, 0.6) is 0 Å². The molecule has 0 N–H and O–H groups in total. The molecule has 0 aliphatic rings. The Bertz CT molecular complexity index is 3510. The van der Waals surface area contributed by atoms with Gasteiger partial charge in [0.05, 0.1) is 22.1 Å². The van der Waals surface area contributed by atoms with Crippen molar-refractivity contribution in [2.24, 2.45) is 0 Å². The highest BCUT2D eigenvalue weighted by Gasteiger charge is 2.33. The lowest BCUT2D eigenvalue weighted by atomic mass is 9.96. The maximum Gasteiger partial charge on any atom is 0.0547 e. The largest absolute Gasteiger partial charge is 0.309 e. The smallest absolute Gasteiger partial charge is 0.0547 e. The van der Waals surface area contributed by atoms with E-state index in [4.69, 9.17) is 0 Å². The van der Waals surface area contributed by atoms with Crippen molar-refractivity contribution in [1.29, 1.82) is 0 Å². The molecule has 0 saturated heterocycles. The number of benzene rings is 10. The van der Waals surface area contributed by atoms with Gasteiger partial charge in [0.15, 0.2) is 0 Å². The predicted molar refractivity (Wildman–Crippen MR) is 266 cm³/mol. The molecule has 63 heavy (non-hydrogen) atoms. The summed E-state index contributed by atoms with van der Waals surface area (Å²) in [6.07, 6.45) is 0. The lowest BCUT2D eigenvalue weighted by molar-refractivity contribution is 1.14. The van der Waals surface area contributed by atoms with E-state index >= 15 is 0 Å². The topological polar surface area (TPSA) is 9.86 Å². The SMILES string of the molecule is c1ccc(-c2cccc(-c3cccc4c3c3ccccc3n4-c3ccc4c(c3)c3ccccc3n4-c3cccc(S(c4ccccc4)(c4ccccc4)c4ccccc4)c3)c2)cc1. The van der Waals surface area contributed by atoms with Crippen molar-refractivity contribution in [2.45, 2.75) is 19.6 Å². The van der Waals surface area contributed by atoms with Crippen LogP contribution >= 0.6 is 10.0 Å². The summed E-state index contributed by atoms with van der Waals surface area (Å²) in [6, 6.07) is 93.8. The quantitative estimate of drug-likeness (QED) is 0.144. The average molecular weight is 823 g/mol. The van der Waals surface area contributed by atoms with Gasteiger partial charge in [-0.15, -0.1) is 10.0 Å². The molecule has 10 aromatic carbocycles. The van der Waals surface area contributed by atoms with Crippen molar-refractivity contribution in [3.05, 3.63) is 255 Å². The average Bonchev–Trinajstić information content (AvgIpc) is 3.88. The normalized spacial score (nSPS) is 12.1. The minimum absolute atomic E-state index is 1.14. The molecule has 0 saturated carbocycles. The maximum absolute atomic E-state index is 2.47. The van der Waals surface area contributed by atoms with E-state index in [0.717, 1.165) is 11.4 Å². The third-order valence-corrected chi connectivity index (χ3v) is 16.5. The molecule has 2 aromatic heterocycles. The van der Waals surface area contributed by atoms with Crippen LogP contribution in [0.4, 0.5) is 0 Å². The first-order chi connectivity index (χ1) is 31.3. The molecule has 0 aliphatic heterocycles. The van der Waals surface area contributed by atoms with Crippen molar-refractivity contribution in [2.75, 3.05) is 0 Å². The van der Waals surface area contributed by atoms with E-state index in [9.17, 15) is 0 Å². The summed E-state index contributed by atoms with van der Waals surface area (Å²) < 4.78 is 4.92. The molecule has 0 fully saturated rings. The standard InChI is InChI=1S/C60H42N2S/c1-5-20-43(21-6-1)44-22-17-23-45(40-44)52-34-19-37-59-60(52)54-33-14-16-36-57(54)62(59)47-38-39-58-55(42-47)53-32-13-15-35-56(53)61(58)46-24-18-31-51(41-46)63(48-25-7-2-8-26-48,49-27-9-3-10-28-49)50-29-11-4-12-30-50/h1-42H. The van der Waals surface area contributed by atoms with Gasteiger partial charge in [0.25, 0.3) is 0 Å². The maximum atomic E-state index is 2.47. The molecule has 12 aromatic rings. The summed E-state index contributed by atoms with van der Waals surface area (Å²) in [5, 5.41) is 4.96. The van der Waals surface area contributed by atoms with E-state index in [2.05, 4.69) is 264 Å². The third-order valence-electron chi connectivity index (χ3n) is 12.6. The highest BCUT2D eigenvalue weighted by Crippen LogP contribution is 2.73. The van der Waals surface area contributed by atoms with Crippen molar-refractivity contribution >= 4 is 53.6 Å². The van der Waals surface area contributed by atoms with E-state index in [1.807, 2.05) is 0 Å². The van der Waals surface area contributed by atoms with Crippen LogP contribution in [-0.4, -0.2) is 9.13 Å². The van der Waals surface area contributed by atoms with Gasteiger partial charge in [0.2, 0.25) is 0 Å². The Morgan fingerprint density at radius 3 is 1.40 bits per heavy atom. The van der Waals surface area contributed by atoms with Gasteiger partial charge in [0, 0.05) is 52.5 Å². The van der Waals surface area contributed by atoms with Gasteiger partial charge in [-0.2, -0.15) is 0 Å². The molecule has 0 spiro atoms. The molecule has 298 valence electrons. The molecule has 0 aliphatic carbocycles. The summed E-state index contributed by atoms with van der Waals surface area (Å²) in [4.78, 5) is 5.22. The van der Waals surface area contributed by atoms with Crippen LogP contribution in [0.3, 0.4) is 0 Å². The Balaban J connectivity index is 1.06. The van der Waals surface area contributed by atoms with Gasteiger partial charge < -0.3 is 9.13 Å². The van der Waals surface area contributed by atoms with Crippen LogP contribution in [-0.2, 0) is 0 Å². The molecule has 0 unspecified atom stereocenters. The molecule has 2 heterocycles. The summed E-state index contributed by atoms with van der Waals surface area (Å²) in [7, 11) is -1.87. The van der Waals surface area contributed by atoms with Crippen LogP contribution < -0.4 is 0 Å². The van der Waals surface area contributed by atoms with Gasteiger partial charge in [-0.25, -0.2) is 0 Å². The van der Waals surface area contributed by atoms with Crippen LogP contribution in [0.15, 0.2) is 274 Å². The first kappa shape index (κ1) is 37.0. The minimum atomic E-state index is -1.87. The first-order valence-corrected chi connectivity index (χ1v) is 23.2. The zero-order valence-corrected chi connectivity index (χ0v) is 35.4. The Morgan fingerprint density at radius 2 is 0.714 bits per heavy atom. The molecule has 0 bridgehead atoms. The van der Waals surface area contributed by atoms with Crippen molar-refractivity contribution < 1.29 is 0 Å². The second-order valence-corrected chi connectivity index (χ2v) is 19.2. The van der Waals surface area contributed by atoms with Gasteiger partial charge in [-0.3, -0.25) is 0 Å². The van der Waals surface area contributed by atoms with Crippen molar-refractivity contribution in [1.82, 2.24) is 9.13 Å². The zero-order valence-electron chi connectivity index (χ0n) is 34.6. The first-order valence-electron chi connectivity index (χ1n) is 21.6. The van der Waals surface area contributed by atoms with E-state index in [1.54, 1.807) is 0 Å². The Hall–Kier alpha value is -7.85. The summed E-state index contributed by atoms with van der Waals surface area (Å²) in [5.41, 5.74) is 11.9. The molecule has 0 amide bonds.